The molecule has 1 N–H and O–H groups in total. The van der Waals surface area contributed by atoms with Crippen molar-refractivity contribution in [1.29, 1.82) is 0 Å². The van der Waals surface area contributed by atoms with E-state index in [1.807, 2.05) is 6.20 Å². The van der Waals surface area contributed by atoms with Crippen LogP contribution in [0.5, 0.6) is 0 Å². The maximum Gasteiger partial charge on any atom is 0.0622 e. The number of nitrogens with zero attached hydrogens (tertiary/aromatic N) is 2. The number of aromatic nitrogens is 1. The summed E-state index contributed by atoms with van der Waals surface area (Å²) in [5.41, 5.74) is 2.53. The standard InChI is InChI=1S/C17H29N3O/c1-5-16-13-21-9-8-20(16)12-15-7-6-14(10-18-15)11-19-17(2,3)4/h6-7,10,16,19H,5,8-9,11-13H2,1-4H3. The Morgan fingerprint density at radius 2 is 2.19 bits per heavy atom. The van der Waals surface area contributed by atoms with Gasteiger partial charge in [0.25, 0.3) is 0 Å². The van der Waals surface area contributed by atoms with Crippen LogP contribution in [0, 0.1) is 0 Å². The van der Waals surface area contributed by atoms with Crippen molar-refractivity contribution >= 4 is 0 Å². The van der Waals surface area contributed by atoms with E-state index in [1.54, 1.807) is 0 Å². The Hall–Kier alpha value is -0.970. The van der Waals surface area contributed by atoms with E-state index in [4.69, 9.17) is 4.74 Å². The van der Waals surface area contributed by atoms with Gasteiger partial charge >= 0.3 is 0 Å². The molecule has 0 spiro atoms. The molecule has 1 unspecified atom stereocenters. The minimum absolute atomic E-state index is 0.140. The van der Waals surface area contributed by atoms with Gasteiger partial charge in [-0.1, -0.05) is 13.0 Å². The molecular formula is C17H29N3O. The Bertz CT molecular complexity index is 425. The first kappa shape index (κ1) is 16.4. The molecule has 0 radical (unpaired) electrons. The van der Waals surface area contributed by atoms with Crippen molar-refractivity contribution in [3.05, 3.63) is 29.6 Å². The Labute approximate surface area is 128 Å². The summed E-state index contributed by atoms with van der Waals surface area (Å²) < 4.78 is 5.55. The second-order valence-corrected chi connectivity index (χ2v) is 6.87. The molecule has 0 amide bonds. The van der Waals surface area contributed by atoms with Crippen LogP contribution >= 0.6 is 0 Å². The summed E-state index contributed by atoms with van der Waals surface area (Å²) >= 11 is 0. The van der Waals surface area contributed by atoms with Gasteiger partial charge in [0.05, 0.1) is 18.9 Å². The third kappa shape index (κ3) is 5.38. The van der Waals surface area contributed by atoms with E-state index in [0.29, 0.717) is 6.04 Å². The maximum absolute atomic E-state index is 5.55. The fourth-order valence-electron chi connectivity index (χ4n) is 2.50. The second-order valence-electron chi connectivity index (χ2n) is 6.87. The van der Waals surface area contributed by atoms with E-state index in [2.05, 4.69) is 55.0 Å². The SMILES string of the molecule is CCC1COCCN1Cc1ccc(CNC(C)(C)C)cn1. The molecule has 1 atom stereocenters. The van der Waals surface area contributed by atoms with Gasteiger partial charge in [-0.15, -0.1) is 0 Å². The van der Waals surface area contributed by atoms with Gasteiger partial charge < -0.3 is 10.1 Å². The van der Waals surface area contributed by atoms with Gasteiger partial charge in [0.2, 0.25) is 0 Å². The summed E-state index contributed by atoms with van der Waals surface area (Å²) in [6, 6.07) is 4.87. The average molecular weight is 291 g/mol. The first-order valence-electron chi connectivity index (χ1n) is 7.98. The molecule has 1 aliphatic rings. The number of morpholine rings is 1. The zero-order valence-corrected chi connectivity index (χ0v) is 13.9. The Morgan fingerprint density at radius 1 is 1.38 bits per heavy atom. The molecule has 118 valence electrons. The molecule has 2 heterocycles. The van der Waals surface area contributed by atoms with E-state index in [0.717, 1.165) is 45.0 Å². The van der Waals surface area contributed by atoms with Crippen LogP contribution in [-0.2, 0) is 17.8 Å². The highest BCUT2D eigenvalue weighted by Gasteiger charge is 2.21. The zero-order chi connectivity index (χ0) is 15.3. The van der Waals surface area contributed by atoms with Crippen LogP contribution in [0.4, 0.5) is 0 Å². The highest BCUT2D eigenvalue weighted by atomic mass is 16.5. The molecule has 4 nitrogen and oxygen atoms in total. The molecular weight excluding hydrogens is 262 g/mol. The quantitative estimate of drug-likeness (QED) is 0.905. The fraction of sp³-hybridized carbons (Fsp3) is 0.706. The third-order valence-electron chi connectivity index (χ3n) is 3.89. The van der Waals surface area contributed by atoms with Crippen molar-refractivity contribution in [3.63, 3.8) is 0 Å². The lowest BCUT2D eigenvalue weighted by molar-refractivity contribution is -0.0132. The highest BCUT2D eigenvalue weighted by molar-refractivity contribution is 5.14. The van der Waals surface area contributed by atoms with Crippen LogP contribution in [0.2, 0.25) is 0 Å². The van der Waals surface area contributed by atoms with Gasteiger partial charge in [-0.05, 0) is 38.8 Å². The molecule has 1 fully saturated rings. The lowest BCUT2D eigenvalue weighted by Crippen LogP contribution is -2.44. The Kier molecular flexibility index (Phi) is 5.73. The number of hydrogen-bond donors (Lipinski definition) is 1. The van der Waals surface area contributed by atoms with Crippen LogP contribution in [0.1, 0.15) is 45.4 Å². The molecule has 0 saturated carbocycles. The predicted molar refractivity (Wildman–Crippen MR) is 86.1 cm³/mol. The number of hydrogen-bond acceptors (Lipinski definition) is 4. The normalized spacial score (nSPS) is 20.7. The smallest absolute Gasteiger partial charge is 0.0622 e. The molecule has 2 rings (SSSR count). The van der Waals surface area contributed by atoms with Crippen molar-refractivity contribution in [2.45, 2.75) is 58.8 Å². The topological polar surface area (TPSA) is 37.4 Å². The molecule has 4 heteroatoms. The molecule has 1 aromatic heterocycles. The lowest BCUT2D eigenvalue weighted by atomic mass is 10.1. The van der Waals surface area contributed by atoms with Gasteiger partial charge in [0.15, 0.2) is 0 Å². The molecule has 1 aliphatic heterocycles. The van der Waals surface area contributed by atoms with Crippen LogP contribution in [-0.4, -0.2) is 41.2 Å². The lowest BCUT2D eigenvalue weighted by Gasteiger charge is -2.34. The van der Waals surface area contributed by atoms with Crippen LogP contribution in [0.25, 0.3) is 0 Å². The van der Waals surface area contributed by atoms with Crippen molar-refractivity contribution in [3.8, 4) is 0 Å². The van der Waals surface area contributed by atoms with Crippen molar-refractivity contribution < 1.29 is 4.74 Å². The molecule has 1 aromatic rings. The largest absolute Gasteiger partial charge is 0.378 e. The van der Waals surface area contributed by atoms with E-state index in [9.17, 15) is 0 Å². The predicted octanol–water partition coefficient (Wildman–Crippen LogP) is 2.58. The summed E-state index contributed by atoms with van der Waals surface area (Å²) in [4.78, 5) is 7.10. The van der Waals surface area contributed by atoms with Crippen LogP contribution in [0.3, 0.4) is 0 Å². The van der Waals surface area contributed by atoms with E-state index in [1.165, 1.54) is 5.56 Å². The molecule has 0 bridgehead atoms. The highest BCUT2D eigenvalue weighted by Crippen LogP contribution is 2.14. The zero-order valence-electron chi connectivity index (χ0n) is 13.9. The summed E-state index contributed by atoms with van der Waals surface area (Å²) in [6.45, 7) is 13.2. The summed E-state index contributed by atoms with van der Waals surface area (Å²) in [5, 5.41) is 3.49. The minimum Gasteiger partial charge on any atom is -0.378 e. The number of nitrogens with one attached hydrogen (secondary N) is 1. The Morgan fingerprint density at radius 3 is 2.81 bits per heavy atom. The summed E-state index contributed by atoms with van der Waals surface area (Å²) in [6.07, 6.45) is 3.13. The molecule has 0 aliphatic carbocycles. The van der Waals surface area contributed by atoms with E-state index < -0.39 is 0 Å². The first-order valence-corrected chi connectivity index (χ1v) is 7.98. The van der Waals surface area contributed by atoms with Gasteiger partial charge in [-0.3, -0.25) is 9.88 Å². The summed E-state index contributed by atoms with van der Waals surface area (Å²) in [7, 11) is 0. The number of ether oxygens (including phenoxy) is 1. The fourth-order valence-corrected chi connectivity index (χ4v) is 2.50. The van der Waals surface area contributed by atoms with Gasteiger partial charge in [-0.2, -0.15) is 0 Å². The third-order valence-corrected chi connectivity index (χ3v) is 3.89. The van der Waals surface area contributed by atoms with E-state index >= 15 is 0 Å². The van der Waals surface area contributed by atoms with Gasteiger partial charge in [0, 0.05) is 37.4 Å². The average Bonchev–Trinajstić information content (AvgIpc) is 2.46. The number of pyridine rings is 1. The summed E-state index contributed by atoms with van der Waals surface area (Å²) in [5.74, 6) is 0. The van der Waals surface area contributed by atoms with Crippen LogP contribution < -0.4 is 5.32 Å². The van der Waals surface area contributed by atoms with Crippen molar-refractivity contribution in [1.82, 2.24) is 15.2 Å². The van der Waals surface area contributed by atoms with Crippen molar-refractivity contribution in [2.75, 3.05) is 19.8 Å². The van der Waals surface area contributed by atoms with E-state index in [-0.39, 0.29) is 5.54 Å². The number of rotatable bonds is 5. The van der Waals surface area contributed by atoms with Gasteiger partial charge in [-0.25, -0.2) is 0 Å². The van der Waals surface area contributed by atoms with Gasteiger partial charge in [0.1, 0.15) is 0 Å². The molecule has 21 heavy (non-hydrogen) atoms. The minimum atomic E-state index is 0.140. The maximum atomic E-state index is 5.55. The first-order chi connectivity index (χ1) is 9.98. The second kappa shape index (κ2) is 7.34. The van der Waals surface area contributed by atoms with Crippen LogP contribution in [0.15, 0.2) is 18.3 Å². The van der Waals surface area contributed by atoms with Crippen molar-refractivity contribution in [2.24, 2.45) is 0 Å². The molecule has 0 aromatic carbocycles. The Balaban J connectivity index is 1.89. The molecule has 1 saturated heterocycles. The monoisotopic (exact) mass is 291 g/mol.